The molecule has 180 valence electrons. The Morgan fingerprint density at radius 1 is 1.09 bits per heavy atom. The summed E-state index contributed by atoms with van der Waals surface area (Å²) in [4.78, 5) is 12.2. The average Bonchev–Trinajstić information content (AvgIpc) is 3.37. The van der Waals surface area contributed by atoms with E-state index in [1.807, 2.05) is 0 Å². The Kier molecular flexibility index (Phi) is 5.33. The van der Waals surface area contributed by atoms with Gasteiger partial charge in [-0.15, -0.1) is 0 Å². The van der Waals surface area contributed by atoms with Crippen LogP contribution in [0.1, 0.15) is 12.6 Å². The number of rotatable bonds is 4. The van der Waals surface area contributed by atoms with Crippen molar-refractivity contribution in [3.8, 4) is 22.6 Å². The molecule has 0 spiro atoms. The molecule has 35 heavy (non-hydrogen) atoms. The molecule has 0 amide bonds. The Morgan fingerprint density at radius 2 is 1.80 bits per heavy atom. The van der Waals surface area contributed by atoms with Crippen LogP contribution in [-0.2, 0) is 23.1 Å². The molecule has 4 heterocycles. The fourth-order valence-electron chi connectivity index (χ4n) is 3.78. The van der Waals surface area contributed by atoms with Crippen LogP contribution >= 0.6 is 11.6 Å². The van der Waals surface area contributed by atoms with E-state index < -0.39 is 21.7 Å². The number of aromatic nitrogens is 6. The fourth-order valence-corrected chi connectivity index (χ4v) is 4.88. The minimum absolute atomic E-state index is 0.0119. The monoisotopic (exact) mass is 520 g/mol. The van der Waals surface area contributed by atoms with Crippen molar-refractivity contribution in [1.82, 2.24) is 29.1 Å². The van der Waals surface area contributed by atoms with Crippen LogP contribution in [0.2, 0.25) is 5.02 Å². The average molecular weight is 521 g/mol. The second-order valence-corrected chi connectivity index (χ2v) is 10.3. The first-order valence-electron chi connectivity index (χ1n) is 10.3. The summed E-state index contributed by atoms with van der Waals surface area (Å²) in [5.41, 5.74) is 0.741. The number of hydrogen-bond donors (Lipinski definition) is 0. The molecule has 0 fully saturated rings. The maximum Gasteiger partial charge on any atom is 0.433 e. The van der Waals surface area contributed by atoms with Gasteiger partial charge in [-0.1, -0.05) is 30.7 Å². The summed E-state index contributed by atoms with van der Waals surface area (Å²) in [7, 11) is -2.31. The molecular weight excluding hydrogens is 505 g/mol. The Morgan fingerprint density at radius 3 is 2.46 bits per heavy atom. The van der Waals surface area contributed by atoms with E-state index in [1.54, 1.807) is 37.4 Å². The second kappa shape index (κ2) is 8.02. The summed E-state index contributed by atoms with van der Waals surface area (Å²) in [6.45, 7) is 1.48. The number of sulfone groups is 1. The van der Waals surface area contributed by atoms with Crippen molar-refractivity contribution in [2.24, 2.45) is 7.05 Å². The van der Waals surface area contributed by atoms with Crippen LogP contribution in [0, 0.1) is 0 Å². The number of fused-ring (bicyclic) bond motifs is 2. The molecule has 1 aromatic carbocycles. The van der Waals surface area contributed by atoms with E-state index in [2.05, 4.69) is 20.1 Å². The second-order valence-electron chi connectivity index (χ2n) is 7.71. The number of hydrogen-bond acceptors (Lipinski definition) is 6. The topological polar surface area (TPSA) is 95.0 Å². The highest BCUT2D eigenvalue weighted by Gasteiger charge is 2.34. The van der Waals surface area contributed by atoms with Gasteiger partial charge in [0, 0.05) is 23.8 Å². The summed E-state index contributed by atoms with van der Waals surface area (Å²) < 4.78 is 68.5. The Hall–Kier alpha value is -3.51. The van der Waals surface area contributed by atoms with Crippen molar-refractivity contribution >= 4 is 38.1 Å². The minimum atomic E-state index is -4.65. The summed E-state index contributed by atoms with van der Waals surface area (Å²) in [6.07, 6.45) is -2.10. The molecule has 0 bridgehead atoms. The third-order valence-corrected chi connectivity index (χ3v) is 7.47. The minimum Gasteiger partial charge on any atom is -0.326 e. The highest BCUT2D eigenvalue weighted by Crippen LogP contribution is 2.36. The van der Waals surface area contributed by atoms with E-state index >= 15 is 0 Å². The lowest BCUT2D eigenvalue weighted by Crippen LogP contribution is -2.07. The maximum atomic E-state index is 13.2. The first kappa shape index (κ1) is 23.2. The molecule has 0 saturated carbocycles. The summed E-state index contributed by atoms with van der Waals surface area (Å²) >= 11 is 6.00. The van der Waals surface area contributed by atoms with Crippen LogP contribution in [0.15, 0.2) is 53.8 Å². The van der Waals surface area contributed by atoms with E-state index in [0.29, 0.717) is 21.8 Å². The molecule has 5 rings (SSSR count). The first-order valence-corrected chi connectivity index (χ1v) is 12.3. The molecule has 8 nitrogen and oxygen atoms in total. The molecule has 0 atom stereocenters. The van der Waals surface area contributed by atoms with Crippen LogP contribution in [0.3, 0.4) is 0 Å². The quantitative estimate of drug-likeness (QED) is 0.337. The molecule has 0 N–H and O–H groups in total. The van der Waals surface area contributed by atoms with Gasteiger partial charge in [0.1, 0.15) is 17.1 Å². The van der Waals surface area contributed by atoms with Gasteiger partial charge in [0.25, 0.3) is 0 Å². The predicted octanol–water partition coefficient (Wildman–Crippen LogP) is 4.81. The van der Waals surface area contributed by atoms with Crippen LogP contribution < -0.4 is 0 Å². The highest BCUT2D eigenvalue weighted by atomic mass is 35.5. The molecule has 4 aromatic heterocycles. The Balaban J connectivity index is 1.84. The third kappa shape index (κ3) is 3.82. The number of nitrogens with zero attached hydrogens (tertiary/aromatic N) is 6. The summed E-state index contributed by atoms with van der Waals surface area (Å²) in [6, 6.07) is 9.38. The van der Waals surface area contributed by atoms with Crippen LogP contribution in [0.5, 0.6) is 0 Å². The van der Waals surface area contributed by atoms with Crippen molar-refractivity contribution in [2.45, 2.75) is 18.1 Å². The molecule has 0 unspecified atom stereocenters. The zero-order chi connectivity index (χ0) is 25.1. The molecule has 0 radical (unpaired) electrons. The van der Waals surface area contributed by atoms with Crippen molar-refractivity contribution in [2.75, 3.05) is 5.75 Å². The molecule has 0 saturated heterocycles. The first-order chi connectivity index (χ1) is 16.5. The van der Waals surface area contributed by atoms with Crippen molar-refractivity contribution in [3.63, 3.8) is 0 Å². The van der Waals surface area contributed by atoms with Gasteiger partial charge in [0.05, 0.1) is 28.7 Å². The van der Waals surface area contributed by atoms with Crippen molar-refractivity contribution in [1.29, 1.82) is 0 Å². The van der Waals surface area contributed by atoms with Crippen LogP contribution in [-0.4, -0.2) is 43.3 Å². The molecule has 0 aliphatic rings. The highest BCUT2D eigenvalue weighted by molar-refractivity contribution is 7.91. The van der Waals surface area contributed by atoms with Crippen molar-refractivity contribution < 1.29 is 21.6 Å². The van der Waals surface area contributed by atoms with Gasteiger partial charge in [0.15, 0.2) is 20.5 Å². The Labute approximate surface area is 201 Å². The summed E-state index contributed by atoms with van der Waals surface area (Å²) in [5.74, 6) is -0.145. The number of benzene rings is 1. The van der Waals surface area contributed by atoms with Gasteiger partial charge >= 0.3 is 6.18 Å². The number of halogens is 4. The largest absolute Gasteiger partial charge is 0.433 e. The summed E-state index contributed by atoms with van der Waals surface area (Å²) in [5, 5.41) is 4.64. The lowest BCUT2D eigenvalue weighted by Gasteiger charge is -2.06. The van der Waals surface area contributed by atoms with E-state index in [4.69, 9.17) is 11.6 Å². The lowest BCUT2D eigenvalue weighted by atomic mass is 10.1. The van der Waals surface area contributed by atoms with Gasteiger partial charge in [-0.3, -0.25) is 0 Å². The maximum absolute atomic E-state index is 13.2. The van der Waals surface area contributed by atoms with Gasteiger partial charge < -0.3 is 4.57 Å². The predicted molar refractivity (Wildman–Crippen MR) is 124 cm³/mol. The molecule has 5 aromatic rings. The number of alkyl halides is 3. The zero-order valence-corrected chi connectivity index (χ0v) is 19.8. The SMILES string of the molecule is CCS(=O)(=O)c1nn2c(-c3ccc(Cl)cc3)ccnc2c1-c1nc2cc(C(F)(F)F)ncc2n1C. The van der Waals surface area contributed by atoms with E-state index in [-0.39, 0.29) is 33.3 Å². The molecule has 13 heteroatoms. The van der Waals surface area contributed by atoms with Crippen LogP contribution in [0.4, 0.5) is 13.2 Å². The van der Waals surface area contributed by atoms with E-state index in [0.717, 1.165) is 12.3 Å². The Bertz CT molecular complexity index is 1710. The number of aryl methyl sites for hydroxylation is 1. The normalized spacial score (nSPS) is 12.6. The van der Waals surface area contributed by atoms with Gasteiger partial charge in [-0.05, 0) is 24.3 Å². The van der Waals surface area contributed by atoms with Gasteiger partial charge in [-0.2, -0.15) is 18.3 Å². The molecular formula is C22H16ClF3N6O2S. The van der Waals surface area contributed by atoms with Crippen molar-refractivity contribution in [3.05, 3.63) is 59.5 Å². The molecule has 0 aliphatic heterocycles. The lowest BCUT2D eigenvalue weighted by molar-refractivity contribution is -0.141. The van der Waals surface area contributed by atoms with E-state index in [9.17, 15) is 21.6 Å². The zero-order valence-electron chi connectivity index (χ0n) is 18.2. The molecule has 0 aliphatic carbocycles. The third-order valence-electron chi connectivity index (χ3n) is 5.58. The smallest absolute Gasteiger partial charge is 0.326 e. The standard InChI is InChI=1S/C22H16ClF3N6O2S/c1-3-35(33,34)21-18(20-29-14-10-17(22(24,25)26)28-11-16(14)31(20)2)19-27-9-8-15(32(19)30-21)12-4-6-13(23)7-5-12/h4-11H,3H2,1-2H3. The van der Waals surface area contributed by atoms with E-state index in [1.165, 1.54) is 22.2 Å². The van der Waals surface area contributed by atoms with Gasteiger partial charge in [-0.25, -0.2) is 27.9 Å². The van der Waals surface area contributed by atoms with Gasteiger partial charge in [0.2, 0.25) is 0 Å². The fraction of sp³-hybridized carbons (Fsp3) is 0.182. The number of imidazole rings is 1. The van der Waals surface area contributed by atoms with Crippen LogP contribution in [0.25, 0.3) is 39.3 Å². The number of pyridine rings is 1.